The number of β-amino-alcohol motifs (C(OH)–C–C–N with tert-alkyl or cyclic N) is 1. The molecule has 5 nitrogen and oxygen atoms in total. The van der Waals surface area contributed by atoms with Crippen LogP contribution in [0, 0.1) is 0 Å². The van der Waals surface area contributed by atoms with Crippen LogP contribution in [-0.2, 0) is 10.8 Å². The number of aliphatic hydroxyl groups is 2. The SMILES string of the molecule is CC1(C)CCC(C)(C)c2cc(-c3csc(N4CCC([NH+]5CCCC(O)C5)C(O)C4)n3)ccc21. The van der Waals surface area contributed by atoms with E-state index in [1.807, 2.05) is 0 Å². The lowest BCUT2D eigenvalue weighted by Crippen LogP contribution is -3.19. The number of nitrogens with zero attached hydrogens (tertiary/aromatic N) is 2. The highest BCUT2D eigenvalue weighted by atomic mass is 32.1. The summed E-state index contributed by atoms with van der Waals surface area (Å²) in [5.74, 6) is 0. The molecule has 0 spiro atoms. The van der Waals surface area contributed by atoms with Crippen molar-refractivity contribution in [3.63, 3.8) is 0 Å². The van der Waals surface area contributed by atoms with E-state index in [0.29, 0.717) is 6.54 Å². The first-order valence-electron chi connectivity index (χ1n) is 12.7. The Labute approximate surface area is 202 Å². The second-order valence-electron chi connectivity index (χ2n) is 11.9. The number of thiazole rings is 1. The van der Waals surface area contributed by atoms with Crippen molar-refractivity contribution in [3.8, 4) is 11.3 Å². The van der Waals surface area contributed by atoms with Crippen molar-refractivity contribution >= 4 is 16.5 Å². The zero-order valence-electron chi connectivity index (χ0n) is 20.6. The summed E-state index contributed by atoms with van der Waals surface area (Å²) in [5.41, 5.74) is 5.60. The summed E-state index contributed by atoms with van der Waals surface area (Å²) in [6, 6.07) is 7.17. The van der Waals surface area contributed by atoms with E-state index in [4.69, 9.17) is 4.98 Å². The molecule has 2 aliphatic heterocycles. The average Bonchev–Trinajstić information content (AvgIpc) is 3.27. The molecule has 2 saturated heterocycles. The Hall–Kier alpha value is -1.47. The van der Waals surface area contributed by atoms with Gasteiger partial charge in [0.05, 0.1) is 18.8 Å². The third kappa shape index (κ3) is 4.47. The summed E-state index contributed by atoms with van der Waals surface area (Å²) in [7, 11) is 0. The Morgan fingerprint density at radius 1 is 1.06 bits per heavy atom. The molecule has 0 saturated carbocycles. The second-order valence-corrected chi connectivity index (χ2v) is 12.7. The number of anilines is 1. The fourth-order valence-corrected chi connectivity index (χ4v) is 7.15. The molecule has 1 aromatic carbocycles. The normalized spacial score (nSPS) is 31.3. The number of benzene rings is 1. The number of piperidine rings is 2. The van der Waals surface area contributed by atoms with E-state index in [9.17, 15) is 10.2 Å². The van der Waals surface area contributed by atoms with Crippen molar-refractivity contribution < 1.29 is 15.1 Å². The quantitative estimate of drug-likeness (QED) is 0.645. The van der Waals surface area contributed by atoms with Gasteiger partial charge in [0.15, 0.2) is 5.13 Å². The average molecular weight is 471 g/mol. The minimum Gasteiger partial charge on any atom is -0.387 e. The van der Waals surface area contributed by atoms with Crippen LogP contribution in [0.4, 0.5) is 5.13 Å². The molecule has 2 aromatic rings. The van der Waals surface area contributed by atoms with Gasteiger partial charge in [0.1, 0.15) is 24.8 Å². The number of hydrogen-bond donors (Lipinski definition) is 3. The van der Waals surface area contributed by atoms with Gasteiger partial charge in [-0.1, -0.05) is 39.8 Å². The van der Waals surface area contributed by atoms with Gasteiger partial charge in [-0.2, -0.15) is 0 Å². The number of quaternary nitrogens is 1. The van der Waals surface area contributed by atoms with Crippen LogP contribution >= 0.6 is 11.3 Å². The molecule has 4 unspecified atom stereocenters. The number of aromatic nitrogens is 1. The van der Waals surface area contributed by atoms with Gasteiger partial charge < -0.3 is 20.0 Å². The monoisotopic (exact) mass is 470 g/mol. The third-order valence-electron chi connectivity index (χ3n) is 8.55. The maximum Gasteiger partial charge on any atom is 0.185 e. The zero-order valence-corrected chi connectivity index (χ0v) is 21.4. The molecule has 0 radical (unpaired) electrons. The lowest BCUT2D eigenvalue weighted by Gasteiger charge is -2.42. The first kappa shape index (κ1) is 23.3. The highest BCUT2D eigenvalue weighted by Crippen LogP contribution is 2.47. The van der Waals surface area contributed by atoms with Crippen molar-refractivity contribution in [2.45, 2.75) is 88.9 Å². The highest BCUT2D eigenvalue weighted by molar-refractivity contribution is 7.14. The molecule has 6 heteroatoms. The molecular weight excluding hydrogens is 430 g/mol. The summed E-state index contributed by atoms with van der Waals surface area (Å²) in [4.78, 5) is 8.63. The van der Waals surface area contributed by atoms with Crippen LogP contribution in [0.3, 0.4) is 0 Å². The van der Waals surface area contributed by atoms with Crippen molar-refractivity contribution in [1.82, 2.24) is 4.98 Å². The Morgan fingerprint density at radius 3 is 2.55 bits per heavy atom. The maximum absolute atomic E-state index is 10.9. The fraction of sp³-hybridized carbons (Fsp3) is 0.667. The van der Waals surface area contributed by atoms with Crippen molar-refractivity contribution in [2.75, 3.05) is 31.1 Å². The molecule has 2 fully saturated rings. The predicted molar refractivity (Wildman–Crippen MR) is 135 cm³/mol. The molecule has 180 valence electrons. The van der Waals surface area contributed by atoms with Gasteiger partial charge >= 0.3 is 0 Å². The molecule has 4 atom stereocenters. The summed E-state index contributed by atoms with van der Waals surface area (Å²) >= 11 is 1.68. The number of hydrogen-bond acceptors (Lipinski definition) is 5. The summed E-state index contributed by atoms with van der Waals surface area (Å²) in [6.07, 6.45) is 4.74. The number of likely N-dealkylation sites (tertiary alicyclic amines) is 1. The van der Waals surface area contributed by atoms with E-state index in [0.717, 1.165) is 49.7 Å². The van der Waals surface area contributed by atoms with Crippen molar-refractivity contribution in [3.05, 3.63) is 34.7 Å². The Kier molecular flexibility index (Phi) is 6.09. The van der Waals surface area contributed by atoms with E-state index in [2.05, 4.69) is 56.2 Å². The Balaban J connectivity index is 1.32. The van der Waals surface area contributed by atoms with Crippen molar-refractivity contribution in [2.24, 2.45) is 0 Å². The Bertz CT molecular complexity index is 1000. The number of nitrogens with one attached hydrogen (secondary N) is 1. The summed E-state index contributed by atoms with van der Waals surface area (Å²) in [5, 5.41) is 24.2. The number of fused-ring (bicyclic) bond motifs is 1. The van der Waals surface area contributed by atoms with Crippen LogP contribution in [0.1, 0.15) is 70.9 Å². The summed E-state index contributed by atoms with van der Waals surface area (Å²) < 4.78 is 0. The van der Waals surface area contributed by atoms with Gasteiger partial charge in [-0.25, -0.2) is 4.98 Å². The molecule has 3 heterocycles. The fourth-order valence-electron chi connectivity index (χ4n) is 6.28. The van der Waals surface area contributed by atoms with E-state index in [-0.39, 0.29) is 29.1 Å². The van der Waals surface area contributed by atoms with Gasteiger partial charge in [-0.05, 0) is 53.7 Å². The van der Waals surface area contributed by atoms with Gasteiger partial charge in [0, 0.05) is 23.9 Å². The second kappa shape index (κ2) is 8.63. The number of rotatable bonds is 3. The van der Waals surface area contributed by atoms with E-state index in [1.165, 1.54) is 34.4 Å². The molecular formula is C27H40N3O2S+. The van der Waals surface area contributed by atoms with Crippen molar-refractivity contribution in [1.29, 1.82) is 0 Å². The lowest BCUT2D eigenvalue weighted by atomic mass is 9.63. The van der Waals surface area contributed by atoms with Crippen LogP contribution in [-0.4, -0.2) is 59.6 Å². The van der Waals surface area contributed by atoms with E-state index in [1.54, 1.807) is 11.3 Å². The molecule has 1 aromatic heterocycles. The minimum atomic E-state index is -0.377. The van der Waals surface area contributed by atoms with E-state index < -0.39 is 0 Å². The third-order valence-corrected chi connectivity index (χ3v) is 9.45. The minimum absolute atomic E-state index is 0.191. The Morgan fingerprint density at radius 2 is 1.82 bits per heavy atom. The van der Waals surface area contributed by atoms with Gasteiger partial charge in [-0.15, -0.1) is 11.3 Å². The smallest absolute Gasteiger partial charge is 0.185 e. The highest BCUT2D eigenvalue weighted by Gasteiger charge is 2.39. The first-order valence-corrected chi connectivity index (χ1v) is 13.6. The maximum atomic E-state index is 10.9. The van der Waals surface area contributed by atoms with Crippen LogP contribution in [0.2, 0.25) is 0 Å². The van der Waals surface area contributed by atoms with Crippen LogP contribution in [0.15, 0.2) is 23.6 Å². The van der Waals surface area contributed by atoms with Crippen LogP contribution in [0.5, 0.6) is 0 Å². The van der Waals surface area contributed by atoms with E-state index >= 15 is 0 Å². The molecule has 5 rings (SSSR count). The molecule has 0 amide bonds. The zero-order chi connectivity index (χ0) is 23.4. The number of aliphatic hydroxyl groups excluding tert-OH is 2. The van der Waals surface area contributed by atoms with Gasteiger partial charge in [0.25, 0.3) is 0 Å². The summed E-state index contributed by atoms with van der Waals surface area (Å²) in [6.45, 7) is 12.8. The lowest BCUT2D eigenvalue weighted by molar-refractivity contribution is -0.937. The standard InChI is InChI=1S/C27H39N3O2S/c1-26(2)10-11-27(3,4)21-14-18(7-8-20(21)26)22-17-33-25(28-22)30-13-9-23(24(32)16-30)29-12-5-6-19(31)15-29/h7-8,14,17,19,23-24,31-32H,5-6,9-13,15-16H2,1-4H3/p+1. The molecule has 0 bridgehead atoms. The van der Waals surface area contributed by atoms with Crippen LogP contribution < -0.4 is 9.80 Å². The first-order chi connectivity index (χ1) is 15.6. The molecule has 3 N–H and O–H groups in total. The predicted octanol–water partition coefficient (Wildman–Crippen LogP) is 3.14. The molecule has 3 aliphatic rings. The largest absolute Gasteiger partial charge is 0.387 e. The van der Waals surface area contributed by atoms with Gasteiger partial charge in [-0.3, -0.25) is 0 Å². The molecule has 33 heavy (non-hydrogen) atoms. The van der Waals surface area contributed by atoms with Gasteiger partial charge in [0.2, 0.25) is 0 Å². The van der Waals surface area contributed by atoms with Crippen LogP contribution in [0.25, 0.3) is 11.3 Å². The molecule has 1 aliphatic carbocycles. The topological polar surface area (TPSA) is 61.0 Å².